The number of thiophene rings is 1. The second-order valence-corrected chi connectivity index (χ2v) is 7.75. The molecule has 0 saturated carbocycles. The number of hydrogen-bond acceptors (Lipinski definition) is 6. The first-order chi connectivity index (χ1) is 13.5. The monoisotopic (exact) mass is 398 g/mol. The van der Waals surface area contributed by atoms with Crippen molar-refractivity contribution >= 4 is 35.0 Å². The Morgan fingerprint density at radius 2 is 1.82 bits per heavy atom. The molecule has 2 aromatic rings. The zero-order chi connectivity index (χ0) is 19.8. The predicted molar refractivity (Wildman–Crippen MR) is 101 cm³/mol. The maximum atomic E-state index is 12.6. The van der Waals surface area contributed by atoms with Crippen molar-refractivity contribution in [3.05, 3.63) is 57.3 Å². The van der Waals surface area contributed by atoms with Crippen molar-refractivity contribution < 1.29 is 23.9 Å². The van der Waals surface area contributed by atoms with Crippen molar-refractivity contribution in [3.63, 3.8) is 0 Å². The van der Waals surface area contributed by atoms with Gasteiger partial charge in [0.15, 0.2) is 6.10 Å². The predicted octanol–water partition coefficient (Wildman–Crippen LogP) is 1.86. The minimum Gasteiger partial charge on any atom is -0.451 e. The van der Waals surface area contributed by atoms with Crippen molar-refractivity contribution in [2.45, 2.75) is 26.0 Å². The van der Waals surface area contributed by atoms with Gasteiger partial charge in [0.05, 0.1) is 11.1 Å². The molecule has 144 valence electrons. The molecule has 0 bridgehead atoms. The van der Waals surface area contributed by atoms with Crippen LogP contribution in [0.3, 0.4) is 0 Å². The van der Waals surface area contributed by atoms with Gasteiger partial charge >= 0.3 is 5.97 Å². The third-order valence-corrected chi connectivity index (χ3v) is 5.96. The first-order valence-corrected chi connectivity index (χ1v) is 9.82. The zero-order valence-corrected chi connectivity index (χ0v) is 16.0. The summed E-state index contributed by atoms with van der Waals surface area (Å²) < 4.78 is 5.22. The Morgan fingerprint density at radius 3 is 2.50 bits per heavy atom. The minimum absolute atomic E-state index is 0.268. The Labute approximate surface area is 165 Å². The number of esters is 1. The third-order valence-electron chi connectivity index (χ3n) is 4.94. The summed E-state index contributed by atoms with van der Waals surface area (Å²) in [6.45, 7) is 2.06. The summed E-state index contributed by atoms with van der Waals surface area (Å²) in [7, 11) is 0. The number of amides is 3. The third kappa shape index (κ3) is 3.20. The van der Waals surface area contributed by atoms with E-state index in [4.69, 9.17) is 4.74 Å². The summed E-state index contributed by atoms with van der Waals surface area (Å²) in [6, 6.07) is 8.40. The lowest BCUT2D eigenvalue weighted by atomic mass is 10.1. The maximum absolute atomic E-state index is 12.6. The first kappa shape index (κ1) is 18.4. The van der Waals surface area contributed by atoms with Gasteiger partial charge < -0.3 is 9.64 Å². The Bertz CT molecular complexity index is 947. The van der Waals surface area contributed by atoms with Gasteiger partial charge in [0.2, 0.25) is 0 Å². The van der Waals surface area contributed by atoms with Crippen LogP contribution in [0.2, 0.25) is 0 Å². The number of fused-ring (bicyclic) bond motifs is 2. The smallest absolute Gasteiger partial charge is 0.326 e. The molecule has 0 fully saturated rings. The number of hydrogen-bond donors (Lipinski definition) is 0. The molecule has 4 rings (SSSR count). The second kappa shape index (κ2) is 7.20. The topological polar surface area (TPSA) is 84.0 Å². The summed E-state index contributed by atoms with van der Waals surface area (Å²) in [5.41, 5.74) is 1.66. The number of imide groups is 1. The highest BCUT2D eigenvalue weighted by molar-refractivity contribution is 7.10. The zero-order valence-electron chi connectivity index (χ0n) is 15.2. The van der Waals surface area contributed by atoms with Crippen LogP contribution in [0, 0.1) is 0 Å². The number of carbonyl (C=O) groups excluding carboxylic acids is 4. The Hall–Kier alpha value is -3.00. The molecule has 0 aliphatic carbocycles. The van der Waals surface area contributed by atoms with Gasteiger partial charge in [-0.2, -0.15) is 0 Å². The van der Waals surface area contributed by atoms with Gasteiger partial charge in [-0.3, -0.25) is 24.1 Å². The molecule has 2 aliphatic heterocycles. The van der Waals surface area contributed by atoms with Crippen molar-refractivity contribution in [1.82, 2.24) is 9.80 Å². The average molecular weight is 398 g/mol. The van der Waals surface area contributed by atoms with Crippen molar-refractivity contribution in [3.8, 4) is 0 Å². The lowest BCUT2D eigenvalue weighted by molar-refractivity contribution is -0.159. The highest BCUT2D eigenvalue weighted by atomic mass is 32.1. The number of benzene rings is 1. The molecular formula is C20H18N2O5S. The summed E-state index contributed by atoms with van der Waals surface area (Å²) in [5.74, 6) is -2.13. The molecule has 0 N–H and O–H groups in total. The molecule has 3 heterocycles. The van der Waals surface area contributed by atoms with E-state index in [1.54, 1.807) is 40.5 Å². The molecule has 1 aromatic heterocycles. The highest BCUT2D eigenvalue weighted by Crippen LogP contribution is 2.25. The van der Waals surface area contributed by atoms with Gasteiger partial charge in [0, 0.05) is 18.0 Å². The lowest BCUT2D eigenvalue weighted by Gasteiger charge is -2.29. The normalized spacial score (nSPS) is 16.6. The van der Waals surface area contributed by atoms with Crippen molar-refractivity contribution in [2.24, 2.45) is 0 Å². The van der Waals surface area contributed by atoms with Crippen LogP contribution in [0.5, 0.6) is 0 Å². The van der Waals surface area contributed by atoms with E-state index in [0.717, 1.165) is 16.9 Å². The van der Waals surface area contributed by atoms with Crippen LogP contribution in [0.4, 0.5) is 0 Å². The van der Waals surface area contributed by atoms with Gasteiger partial charge in [-0.05, 0) is 42.5 Å². The van der Waals surface area contributed by atoms with Crippen LogP contribution in [-0.4, -0.2) is 52.7 Å². The van der Waals surface area contributed by atoms with Crippen LogP contribution < -0.4 is 0 Å². The van der Waals surface area contributed by atoms with E-state index in [-0.39, 0.29) is 17.0 Å². The van der Waals surface area contributed by atoms with Gasteiger partial charge in [-0.15, -0.1) is 11.3 Å². The van der Waals surface area contributed by atoms with Crippen LogP contribution in [-0.2, 0) is 27.3 Å². The largest absolute Gasteiger partial charge is 0.451 e. The first-order valence-electron chi connectivity index (χ1n) is 8.94. The molecule has 1 unspecified atom stereocenters. The average Bonchev–Trinajstić information content (AvgIpc) is 3.26. The maximum Gasteiger partial charge on any atom is 0.326 e. The van der Waals surface area contributed by atoms with Gasteiger partial charge in [0.1, 0.15) is 6.54 Å². The van der Waals surface area contributed by atoms with Crippen LogP contribution in [0.25, 0.3) is 0 Å². The Morgan fingerprint density at radius 1 is 1.14 bits per heavy atom. The number of nitrogens with zero attached hydrogens (tertiary/aromatic N) is 2. The molecule has 28 heavy (non-hydrogen) atoms. The standard InChI is InChI=1S/C20H18N2O5S/c1-12(18(24)21-8-6-16-13(10-21)7-9-28-16)27-17(23)11-22-19(25)14-4-2-3-5-15(14)20(22)26/h2-5,7,9,12H,6,8,10-11H2,1H3. The summed E-state index contributed by atoms with van der Waals surface area (Å²) in [6.07, 6.45) is -0.197. The lowest BCUT2D eigenvalue weighted by Crippen LogP contribution is -2.44. The second-order valence-electron chi connectivity index (χ2n) is 6.75. The molecular weight excluding hydrogens is 380 g/mol. The van der Waals surface area contributed by atoms with E-state index in [0.29, 0.717) is 13.1 Å². The van der Waals surface area contributed by atoms with Crippen LogP contribution in [0.15, 0.2) is 35.7 Å². The fourth-order valence-electron chi connectivity index (χ4n) is 3.49. The van der Waals surface area contributed by atoms with E-state index in [9.17, 15) is 19.2 Å². The molecule has 0 radical (unpaired) electrons. The van der Waals surface area contributed by atoms with Gasteiger partial charge in [-0.1, -0.05) is 12.1 Å². The number of carbonyl (C=O) groups is 4. The Balaban J connectivity index is 1.36. The van der Waals surface area contributed by atoms with E-state index < -0.39 is 30.4 Å². The molecule has 0 saturated heterocycles. The van der Waals surface area contributed by atoms with E-state index in [1.165, 1.54) is 11.8 Å². The molecule has 7 nitrogen and oxygen atoms in total. The van der Waals surface area contributed by atoms with Crippen LogP contribution >= 0.6 is 11.3 Å². The van der Waals surface area contributed by atoms with Gasteiger partial charge in [-0.25, -0.2) is 0 Å². The molecule has 2 aliphatic rings. The molecule has 3 amide bonds. The molecule has 0 spiro atoms. The fraction of sp³-hybridized carbons (Fsp3) is 0.300. The van der Waals surface area contributed by atoms with E-state index >= 15 is 0 Å². The molecule has 1 aromatic carbocycles. The van der Waals surface area contributed by atoms with E-state index in [1.807, 2.05) is 11.4 Å². The molecule has 1 atom stereocenters. The molecule has 8 heteroatoms. The number of ether oxygens (including phenoxy) is 1. The summed E-state index contributed by atoms with van der Waals surface area (Å²) in [4.78, 5) is 53.3. The van der Waals surface area contributed by atoms with Crippen molar-refractivity contribution in [2.75, 3.05) is 13.1 Å². The minimum atomic E-state index is -0.983. The summed E-state index contributed by atoms with van der Waals surface area (Å²) >= 11 is 1.68. The SMILES string of the molecule is CC(OC(=O)CN1C(=O)c2ccccc2C1=O)C(=O)N1CCc2sccc2C1. The fourth-order valence-corrected chi connectivity index (χ4v) is 4.38. The van der Waals surface area contributed by atoms with Gasteiger partial charge in [0.25, 0.3) is 17.7 Å². The quantitative estimate of drug-likeness (QED) is 0.580. The Kier molecular flexibility index (Phi) is 4.72. The van der Waals surface area contributed by atoms with Crippen LogP contribution in [0.1, 0.15) is 38.1 Å². The highest BCUT2D eigenvalue weighted by Gasteiger charge is 2.37. The number of rotatable bonds is 4. The summed E-state index contributed by atoms with van der Waals surface area (Å²) in [5, 5.41) is 2.00. The van der Waals surface area contributed by atoms with Crippen molar-refractivity contribution in [1.29, 1.82) is 0 Å². The van der Waals surface area contributed by atoms with E-state index in [2.05, 4.69) is 0 Å².